The minimum absolute atomic E-state index is 0.187. The fraction of sp³-hybridized carbons (Fsp3) is 0.550. The van der Waals surface area contributed by atoms with E-state index in [1.165, 1.54) is 4.90 Å². The van der Waals surface area contributed by atoms with Gasteiger partial charge in [0.05, 0.1) is 0 Å². The minimum Gasteiger partial charge on any atom is -0.358 e. The molecule has 1 heterocycles. The molecule has 1 aromatic rings. The molecule has 0 N–H and O–H groups in total. The zero-order valence-electron chi connectivity index (χ0n) is 16.1. The monoisotopic (exact) mass is 420 g/mol. The van der Waals surface area contributed by atoms with Crippen LogP contribution in [0, 0.1) is 23.4 Å². The van der Waals surface area contributed by atoms with Gasteiger partial charge in [-0.1, -0.05) is 0 Å². The molecule has 1 fully saturated rings. The maximum absolute atomic E-state index is 14.2. The fourth-order valence-corrected chi connectivity index (χ4v) is 4.37. The number of carbonyl (C=O) groups excluding carboxylic acids is 1. The number of carbonyl (C=O) groups is 1. The topological polar surface area (TPSA) is 23.6 Å². The lowest BCUT2D eigenvalue weighted by atomic mass is 10.1. The van der Waals surface area contributed by atoms with Crippen molar-refractivity contribution >= 4 is 11.6 Å². The average molecular weight is 420 g/mol. The number of benzene rings is 1. The van der Waals surface area contributed by atoms with Gasteiger partial charge in [-0.3, -0.25) is 4.79 Å². The van der Waals surface area contributed by atoms with Crippen molar-refractivity contribution in [2.24, 2.45) is 5.92 Å². The smallest absolute Gasteiger partial charge is 0.358 e. The third-order valence-electron chi connectivity index (χ3n) is 5.82. The molecular weight excluding hydrogens is 398 g/mol. The summed E-state index contributed by atoms with van der Waals surface area (Å²) in [4.78, 5) is 15.5. The second kappa shape index (κ2) is 7.91. The number of likely N-dealkylation sites (N-methyl/N-ethyl adjacent to an activating group) is 1. The van der Waals surface area contributed by atoms with Gasteiger partial charge in [0.2, 0.25) is 5.91 Å². The molecule has 1 amide bonds. The Balaban J connectivity index is 1.93. The Bertz CT molecular complexity index is 812. The quantitative estimate of drug-likeness (QED) is 0.614. The van der Waals surface area contributed by atoms with E-state index in [1.54, 1.807) is 6.92 Å². The number of fused-ring (bicyclic) bond motifs is 1. The molecule has 1 aromatic carbocycles. The van der Waals surface area contributed by atoms with Crippen molar-refractivity contribution in [1.82, 2.24) is 4.90 Å². The highest BCUT2D eigenvalue weighted by Crippen LogP contribution is 2.41. The van der Waals surface area contributed by atoms with Gasteiger partial charge in [0.1, 0.15) is 17.5 Å². The number of nitrogens with zero attached hydrogens (tertiary/aromatic N) is 2. The van der Waals surface area contributed by atoms with Gasteiger partial charge in [-0.05, 0) is 44.1 Å². The standard InChI is InChI=1S/C20H22F6N2O/c1-11-14-5-3-4-12(14)10-28(11)19(29)17(6-7-20(24,25)26)27(2)18-15(22)8-13(21)9-16(18)23/h8-9,12,17H,3-7,10H2,1-2H3/t12?,17-/m1/s1. The van der Waals surface area contributed by atoms with Crippen LogP contribution < -0.4 is 4.90 Å². The third-order valence-corrected chi connectivity index (χ3v) is 5.82. The number of allylic oxidation sites excluding steroid dienone is 1. The number of hydrogen-bond acceptors (Lipinski definition) is 2. The largest absolute Gasteiger partial charge is 0.389 e. The summed E-state index contributed by atoms with van der Waals surface area (Å²) < 4.78 is 80.2. The van der Waals surface area contributed by atoms with Crippen LogP contribution in [0.3, 0.4) is 0 Å². The normalized spacial score (nSPS) is 20.3. The van der Waals surface area contributed by atoms with Crippen LogP contribution in [-0.2, 0) is 4.79 Å². The van der Waals surface area contributed by atoms with Crippen LogP contribution >= 0.6 is 0 Å². The molecule has 0 radical (unpaired) electrons. The number of amides is 1. The highest BCUT2D eigenvalue weighted by molar-refractivity contribution is 5.87. The van der Waals surface area contributed by atoms with E-state index in [4.69, 9.17) is 0 Å². The first-order chi connectivity index (χ1) is 13.5. The highest BCUT2D eigenvalue weighted by Gasteiger charge is 2.41. The molecule has 0 saturated heterocycles. The van der Waals surface area contributed by atoms with Crippen LogP contribution in [0.5, 0.6) is 0 Å². The molecule has 2 aliphatic rings. The molecule has 1 aliphatic heterocycles. The summed E-state index contributed by atoms with van der Waals surface area (Å²) in [7, 11) is 1.15. The lowest BCUT2D eigenvalue weighted by molar-refractivity contribution is -0.140. The number of rotatable bonds is 5. The van der Waals surface area contributed by atoms with E-state index < -0.39 is 54.1 Å². The third kappa shape index (κ3) is 4.38. The van der Waals surface area contributed by atoms with Gasteiger partial charge >= 0.3 is 6.18 Å². The van der Waals surface area contributed by atoms with Crippen LogP contribution in [0.2, 0.25) is 0 Å². The van der Waals surface area contributed by atoms with E-state index in [-0.39, 0.29) is 5.92 Å². The molecule has 1 unspecified atom stereocenters. The van der Waals surface area contributed by atoms with E-state index in [1.807, 2.05) is 0 Å². The van der Waals surface area contributed by atoms with Crippen LogP contribution in [0.1, 0.15) is 39.0 Å². The number of alkyl halides is 3. The first-order valence-corrected chi connectivity index (χ1v) is 9.44. The molecule has 160 valence electrons. The van der Waals surface area contributed by atoms with Crippen LogP contribution in [0.15, 0.2) is 23.4 Å². The van der Waals surface area contributed by atoms with Crippen LogP contribution in [0.25, 0.3) is 0 Å². The molecule has 9 heteroatoms. The Kier molecular flexibility index (Phi) is 5.87. The molecule has 29 heavy (non-hydrogen) atoms. The first-order valence-electron chi connectivity index (χ1n) is 9.44. The zero-order valence-corrected chi connectivity index (χ0v) is 16.1. The molecule has 0 bridgehead atoms. The van der Waals surface area contributed by atoms with Crippen molar-refractivity contribution in [3.8, 4) is 0 Å². The maximum Gasteiger partial charge on any atom is 0.389 e. The molecule has 2 atom stereocenters. The van der Waals surface area contributed by atoms with Gasteiger partial charge in [-0.25, -0.2) is 13.2 Å². The number of hydrogen-bond donors (Lipinski definition) is 0. The van der Waals surface area contributed by atoms with Gasteiger partial charge in [-0.2, -0.15) is 13.2 Å². The van der Waals surface area contributed by atoms with E-state index in [9.17, 15) is 31.1 Å². The Morgan fingerprint density at radius 2 is 1.86 bits per heavy atom. The van der Waals surface area contributed by atoms with Gasteiger partial charge in [0.25, 0.3) is 0 Å². The lowest BCUT2D eigenvalue weighted by Crippen LogP contribution is -2.47. The molecule has 0 spiro atoms. The van der Waals surface area contributed by atoms with Gasteiger partial charge in [0, 0.05) is 37.8 Å². The molecular formula is C20H22F6N2O. The van der Waals surface area contributed by atoms with E-state index in [2.05, 4.69) is 0 Å². The van der Waals surface area contributed by atoms with Crippen LogP contribution in [0.4, 0.5) is 32.0 Å². The predicted octanol–water partition coefficient (Wildman–Crippen LogP) is 5.17. The maximum atomic E-state index is 14.2. The summed E-state index contributed by atoms with van der Waals surface area (Å²) in [5.74, 6) is -4.15. The Morgan fingerprint density at radius 3 is 2.41 bits per heavy atom. The summed E-state index contributed by atoms with van der Waals surface area (Å²) in [6.45, 7) is 2.11. The molecule has 0 aromatic heterocycles. The zero-order chi connectivity index (χ0) is 21.5. The SMILES string of the molecule is CC1=C2CCCC2CN1C(=O)[C@@H](CCC(F)(F)F)N(C)c1c(F)cc(F)cc1F. The average Bonchev–Trinajstić information content (AvgIpc) is 3.16. The van der Waals surface area contributed by atoms with Gasteiger partial charge < -0.3 is 9.80 Å². The summed E-state index contributed by atoms with van der Waals surface area (Å²) in [6.07, 6.45) is -3.74. The lowest BCUT2D eigenvalue weighted by Gasteiger charge is -2.33. The first kappa shape index (κ1) is 21.5. The van der Waals surface area contributed by atoms with Crippen molar-refractivity contribution in [2.45, 2.75) is 51.2 Å². The van der Waals surface area contributed by atoms with Gasteiger partial charge in [-0.15, -0.1) is 0 Å². The summed E-state index contributed by atoms with van der Waals surface area (Å²) in [6, 6.07) is -0.568. The second-order valence-corrected chi connectivity index (χ2v) is 7.65. The van der Waals surface area contributed by atoms with Crippen molar-refractivity contribution in [3.63, 3.8) is 0 Å². The molecule has 1 aliphatic carbocycles. The molecule has 1 saturated carbocycles. The Labute approximate surface area is 165 Å². The molecule has 3 rings (SSSR count). The van der Waals surface area contributed by atoms with Crippen molar-refractivity contribution in [2.75, 3.05) is 18.5 Å². The Hall–Kier alpha value is -2.19. The fourth-order valence-electron chi connectivity index (χ4n) is 4.37. The predicted molar refractivity (Wildman–Crippen MR) is 95.6 cm³/mol. The van der Waals surface area contributed by atoms with Gasteiger partial charge in [0.15, 0.2) is 11.6 Å². The van der Waals surface area contributed by atoms with E-state index in [0.29, 0.717) is 24.4 Å². The van der Waals surface area contributed by atoms with Crippen molar-refractivity contribution < 1.29 is 31.1 Å². The highest BCUT2D eigenvalue weighted by atomic mass is 19.4. The number of anilines is 1. The second-order valence-electron chi connectivity index (χ2n) is 7.65. The number of halogens is 6. The summed E-state index contributed by atoms with van der Waals surface area (Å²) in [5.41, 5.74) is 1.11. The minimum atomic E-state index is -4.53. The molecule has 3 nitrogen and oxygen atoms in total. The van der Waals surface area contributed by atoms with Crippen molar-refractivity contribution in [1.29, 1.82) is 0 Å². The summed E-state index contributed by atoms with van der Waals surface area (Å²) in [5, 5.41) is 0. The van der Waals surface area contributed by atoms with Crippen molar-refractivity contribution in [3.05, 3.63) is 40.9 Å². The Morgan fingerprint density at radius 1 is 1.24 bits per heavy atom. The van der Waals surface area contributed by atoms with E-state index >= 15 is 0 Å². The summed E-state index contributed by atoms with van der Waals surface area (Å²) >= 11 is 0. The van der Waals surface area contributed by atoms with Crippen LogP contribution in [-0.4, -0.2) is 36.6 Å². The van der Waals surface area contributed by atoms with E-state index in [0.717, 1.165) is 36.8 Å².